The van der Waals surface area contributed by atoms with Gasteiger partial charge in [-0.1, -0.05) is 31.5 Å². The number of halogens is 1. The minimum absolute atomic E-state index is 0.104. The smallest absolute Gasteiger partial charge is 0.307 e. The van der Waals surface area contributed by atoms with Gasteiger partial charge in [0.25, 0.3) is 5.91 Å². The number of hydrogen-bond acceptors (Lipinski definition) is 3. The molecule has 0 aliphatic heterocycles. The number of carbonyl (C=O) groups excluding carboxylic acids is 2. The van der Waals surface area contributed by atoms with Crippen molar-refractivity contribution in [1.29, 1.82) is 0 Å². The van der Waals surface area contributed by atoms with Crippen LogP contribution in [0.2, 0.25) is 5.02 Å². The Hall–Kier alpha value is -1.55. The Morgan fingerprint density at radius 1 is 1.27 bits per heavy atom. The van der Waals surface area contributed by atoms with Crippen LogP contribution in [0.4, 0.5) is 0 Å². The van der Waals surface area contributed by atoms with Crippen LogP contribution < -0.4 is 0 Å². The van der Waals surface area contributed by atoms with Gasteiger partial charge in [-0.15, -0.1) is 0 Å². The standard InChI is InChI=1S/C17H24ClNO3/c1-4-22-16(20)9-11-19(10-8-13(2)3)17(21)14-6-5-7-15(18)12-14/h5-7,12-13H,4,8-11H2,1-3H3. The van der Waals surface area contributed by atoms with Crippen LogP contribution in [0.5, 0.6) is 0 Å². The Labute approximate surface area is 137 Å². The molecule has 5 heteroatoms. The molecule has 0 saturated heterocycles. The molecule has 0 radical (unpaired) electrons. The number of carbonyl (C=O) groups is 2. The van der Waals surface area contributed by atoms with Crippen molar-refractivity contribution in [2.45, 2.75) is 33.6 Å². The minimum Gasteiger partial charge on any atom is -0.466 e. The molecule has 0 spiro atoms. The van der Waals surface area contributed by atoms with Crippen molar-refractivity contribution in [1.82, 2.24) is 4.90 Å². The predicted molar refractivity (Wildman–Crippen MR) is 88.1 cm³/mol. The SMILES string of the molecule is CCOC(=O)CCN(CCC(C)C)C(=O)c1cccc(Cl)c1. The maximum Gasteiger partial charge on any atom is 0.307 e. The Morgan fingerprint density at radius 2 is 2.00 bits per heavy atom. The highest BCUT2D eigenvalue weighted by atomic mass is 35.5. The van der Waals surface area contributed by atoms with Crippen LogP contribution in [-0.4, -0.2) is 36.5 Å². The van der Waals surface area contributed by atoms with Gasteiger partial charge in [-0.2, -0.15) is 0 Å². The van der Waals surface area contributed by atoms with E-state index in [1.807, 2.05) is 0 Å². The Kier molecular flexibility index (Phi) is 7.96. The summed E-state index contributed by atoms with van der Waals surface area (Å²) in [5.41, 5.74) is 0.542. The molecular formula is C17H24ClNO3. The Morgan fingerprint density at radius 3 is 2.59 bits per heavy atom. The van der Waals surface area contributed by atoms with Gasteiger partial charge >= 0.3 is 5.97 Å². The lowest BCUT2D eigenvalue weighted by Crippen LogP contribution is -2.34. The second kappa shape index (κ2) is 9.46. The average molecular weight is 326 g/mol. The zero-order valence-electron chi connectivity index (χ0n) is 13.5. The molecule has 0 N–H and O–H groups in total. The lowest BCUT2D eigenvalue weighted by Gasteiger charge is -2.23. The largest absolute Gasteiger partial charge is 0.466 e. The summed E-state index contributed by atoms with van der Waals surface area (Å²) in [6, 6.07) is 6.87. The highest BCUT2D eigenvalue weighted by Crippen LogP contribution is 2.14. The average Bonchev–Trinajstić information content (AvgIpc) is 2.46. The third-order valence-corrected chi connectivity index (χ3v) is 3.46. The number of benzene rings is 1. The summed E-state index contributed by atoms with van der Waals surface area (Å²) < 4.78 is 4.92. The number of nitrogens with zero attached hydrogens (tertiary/aromatic N) is 1. The summed E-state index contributed by atoms with van der Waals surface area (Å²) in [5, 5.41) is 0.528. The molecule has 122 valence electrons. The van der Waals surface area contributed by atoms with Gasteiger partial charge in [0.05, 0.1) is 13.0 Å². The van der Waals surface area contributed by atoms with Crippen molar-refractivity contribution in [3.63, 3.8) is 0 Å². The van der Waals surface area contributed by atoms with Crippen molar-refractivity contribution in [2.75, 3.05) is 19.7 Å². The summed E-state index contributed by atoms with van der Waals surface area (Å²) in [6.07, 6.45) is 1.09. The van der Waals surface area contributed by atoms with E-state index < -0.39 is 0 Å². The van der Waals surface area contributed by atoms with Crippen LogP contribution in [0.3, 0.4) is 0 Å². The van der Waals surface area contributed by atoms with Crippen LogP contribution in [0, 0.1) is 5.92 Å². The first-order valence-corrected chi connectivity index (χ1v) is 8.02. The van der Waals surface area contributed by atoms with Gasteiger partial charge in [-0.25, -0.2) is 0 Å². The monoisotopic (exact) mass is 325 g/mol. The lowest BCUT2D eigenvalue weighted by molar-refractivity contribution is -0.143. The summed E-state index contributed by atoms with van der Waals surface area (Å²) in [6.45, 7) is 7.30. The van der Waals surface area contributed by atoms with Crippen molar-refractivity contribution in [2.24, 2.45) is 5.92 Å². The number of ether oxygens (including phenoxy) is 1. The summed E-state index contributed by atoms with van der Waals surface area (Å²) >= 11 is 5.95. The molecule has 0 heterocycles. The predicted octanol–water partition coefficient (Wildman–Crippen LogP) is 3.78. The van der Waals surface area contributed by atoms with Gasteiger partial charge in [0.2, 0.25) is 0 Å². The van der Waals surface area contributed by atoms with E-state index in [9.17, 15) is 9.59 Å². The van der Waals surface area contributed by atoms with Gasteiger partial charge in [-0.3, -0.25) is 9.59 Å². The Bertz CT molecular complexity index is 502. The highest BCUT2D eigenvalue weighted by molar-refractivity contribution is 6.30. The normalized spacial score (nSPS) is 10.6. The fourth-order valence-electron chi connectivity index (χ4n) is 1.99. The molecule has 1 aromatic carbocycles. The van der Waals surface area contributed by atoms with Gasteiger partial charge in [0.15, 0.2) is 0 Å². The molecule has 0 bridgehead atoms. The number of amides is 1. The first kappa shape index (κ1) is 18.5. The van der Waals surface area contributed by atoms with Gasteiger partial charge in [0.1, 0.15) is 0 Å². The van der Waals surface area contributed by atoms with E-state index in [1.54, 1.807) is 36.1 Å². The van der Waals surface area contributed by atoms with E-state index >= 15 is 0 Å². The Balaban J connectivity index is 2.75. The molecule has 0 aliphatic carbocycles. The molecule has 4 nitrogen and oxygen atoms in total. The topological polar surface area (TPSA) is 46.6 Å². The van der Waals surface area contributed by atoms with E-state index in [2.05, 4.69) is 13.8 Å². The van der Waals surface area contributed by atoms with Crippen LogP contribution in [0.1, 0.15) is 44.0 Å². The lowest BCUT2D eigenvalue weighted by atomic mass is 10.1. The first-order valence-electron chi connectivity index (χ1n) is 7.64. The maximum atomic E-state index is 12.6. The van der Waals surface area contributed by atoms with Crippen LogP contribution >= 0.6 is 11.6 Å². The van der Waals surface area contributed by atoms with Crippen LogP contribution in [0.25, 0.3) is 0 Å². The quantitative estimate of drug-likeness (QED) is 0.683. The molecule has 0 aromatic heterocycles. The number of hydrogen-bond donors (Lipinski definition) is 0. The maximum absolute atomic E-state index is 12.6. The minimum atomic E-state index is -0.282. The number of rotatable bonds is 8. The molecule has 1 rings (SSSR count). The molecule has 1 aromatic rings. The third-order valence-electron chi connectivity index (χ3n) is 3.23. The van der Waals surface area contributed by atoms with Crippen LogP contribution in [0.15, 0.2) is 24.3 Å². The first-order chi connectivity index (χ1) is 10.4. The molecule has 0 saturated carbocycles. The molecular weight excluding hydrogens is 302 g/mol. The van der Waals surface area contributed by atoms with E-state index in [0.29, 0.717) is 36.2 Å². The highest BCUT2D eigenvalue weighted by Gasteiger charge is 2.17. The third kappa shape index (κ3) is 6.48. The second-order valence-corrected chi connectivity index (χ2v) is 5.98. The van der Waals surface area contributed by atoms with Crippen LogP contribution in [-0.2, 0) is 9.53 Å². The zero-order chi connectivity index (χ0) is 16.5. The molecule has 22 heavy (non-hydrogen) atoms. The second-order valence-electron chi connectivity index (χ2n) is 5.54. The molecule has 0 aliphatic rings. The fraction of sp³-hybridized carbons (Fsp3) is 0.529. The van der Waals surface area contributed by atoms with E-state index in [4.69, 9.17) is 16.3 Å². The summed E-state index contributed by atoms with van der Waals surface area (Å²) in [4.78, 5) is 25.8. The van der Waals surface area contributed by atoms with Gasteiger partial charge in [-0.05, 0) is 37.5 Å². The van der Waals surface area contributed by atoms with Crippen molar-refractivity contribution < 1.29 is 14.3 Å². The van der Waals surface area contributed by atoms with E-state index in [0.717, 1.165) is 6.42 Å². The van der Waals surface area contributed by atoms with E-state index in [-0.39, 0.29) is 18.3 Å². The molecule has 0 fully saturated rings. The number of esters is 1. The van der Waals surface area contributed by atoms with Gasteiger partial charge < -0.3 is 9.64 Å². The summed E-state index contributed by atoms with van der Waals surface area (Å²) in [5.74, 6) is 0.0978. The fourth-order valence-corrected chi connectivity index (χ4v) is 2.18. The van der Waals surface area contributed by atoms with Gasteiger partial charge in [0, 0.05) is 23.7 Å². The molecule has 1 amide bonds. The van der Waals surface area contributed by atoms with Crippen molar-refractivity contribution in [3.05, 3.63) is 34.9 Å². The molecule has 0 atom stereocenters. The summed E-state index contributed by atoms with van der Waals surface area (Å²) in [7, 11) is 0. The van der Waals surface area contributed by atoms with E-state index in [1.165, 1.54) is 0 Å². The van der Waals surface area contributed by atoms with Crippen molar-refractivity contribution in [3.8, 4) is 0 Å². The van der Waals surface area contributed by atoms with Crippen molar-refractivity contribution >= 4 is 23.5 Å². The molecule has 0 unspecified atom stereocenters. The zero-order valence-corrected chi connectivity index (χ0v) is 14.2.